The van der Waals surface area contributed by atoms with Crippen LogP contribution in [0.3, 0.4) is 0 Å². The number of nitrogens with zero attached hydrogens (tertiary/aromatic N) is 1. The average Bonchev–Trinajstić information content (AvgIpc) is 2.86. The van der Waals surface area contributed by atoms with Gasteiger partial charge in [0.2, 0.25) is 5.54 Å². The Kier molecular flexibility index (Phi) is 8.67. The Morgan fingerprint density at radius 2 is 1.68 bits per heavy atom. The molecule has 3 nitrogen and oxygen atoms in total. The lowest BCUT2D eigenvalue weighted by atomic mass is 9.61. The Morgan fingerprint density at radius 1 is 1.07 bits per heavy atom. The molecule has 0 saturated heterocycles. The van der Waals surface area contributed by atoms with E-state index in [4.69, 9.17) is 4.74 Å². The van der Waals surface area contributed by atoms with E-state index in [0.717, 1.165) is 44.8 Å². The number of methoxy groups -OCH3 is 1. The van der Waals surface area contributed by atoms with Crippen molar-refractivity contribution in [2.75, 3.05) is 13.7 Å². The molecule has 1 N–H and O–H groups in total. The van der Waals surface area contributed by atoms with E-state index in [2.05, 4.69) is 46.1 Å². The predicted octanol–water partition coefficient (Wildman–Crippen LogP) is 9.07. The molecule has 0 amide bonds. The molecule has 216 valence electrons. The second-order valence-corrected chi connectivity index (χ2v) is 12.3. The van der Waals surface area contributed by atoms with Crippen molar-refractivity contribution in [2.45, 2.75) is 83.9 Å². The van der Waals surface area contributed by atoms with Crippen molar-refractivity contribution >= 4 is 17.0 Å². The van der Waals surface area contributed by atoms with Crippen molar-refractivity contribution in [3.63, 3.8) is 0 Å². The predicted molar refractivity (Wildman–Crippen MR) is 159 cm³/mol. The van der Waals surface area contributed by atoms with Crippen LogP contribution < -0.4 is 0 Å². The Morgan fingerprint density at radius 3 is 2.17 bits per heavy atom. The molecular formula is C34H43F3NO2+. The van der Waals surface area contributed by atoms with Gasteiger partial charge in [0.1, 0.15) is 0 Å². The Labute approximate surface area is 237 Å². The van der Waals surface area contributed by atoms with E-state index in [1.165, 1.54) is 4.58 Å². The van der Waals surface area contributed by atoms with Gasteiger partial charge in [-0.1, -0.05) is 75.4 Å². The molecule has 2 atom stereocenters. The molecule has 2 aromatic carbocycles. The van der Waals surface area contributed by atoms with Crippen molar-refractivity contribution in [2.24, 2.45) is 0 Å². The second-order valence-electron chi connectivity index (χ2n) is 12.3. The first-order valence-corrected chi connectivity index (χ1v) is 13.6. The van der Waals surface area contributed by atoms with Crippen LogP contribution >= 0.6 is 0 Å². The molecule has 2 aromatic rings. The van der Waals surface area contributed by atoms with Crippen LogP contribution in [0.5, 0.6) is 0 Å². The first-order chi connectivity index (χ1) is 18.4. The maximum absolute atomic E-state index is 14.5. The van der Waals surface area contributed by atoms with E-state index in [-0.39, 0.29) is 30.6 Å². The van der Waals surface area contributed by atoms with E-state index in [1.807, 2.05) is 39.0 Å². The fourth-order valence-electron chi connectivity index (χ4n) is 5.82. The van der Waals surface area contributed by atoms with E-state index in [9.17, 15) is 18.3 Å². The SMILES string of the molecule is C=CC(C)=C(C)CC/C(=C\[N+]1=Cc2cc(C(C)(C)C)c3ccccc3c2C(C)(COC)C1(C)C(=C)O)C(F)(F)F. The van der Waals surface area contributed by atoms with Gasteiger partial charge in [0.15, 0.2) is 18.2 Å². The van der Waals surface area contributed by atoms with Crippen molar-refractivity contribution in [1.29, 1.82) is 0 Å². The lowest BCUT2D eigenvalue weighted by Gasteiger charge is -2.45. The van der Waals surface area contributed by atoms with Gasteiger partial charge in [-0.2, -0.15) is 17.7 Å². The monoisotopic (exact) mass is 554 g/mol. The summed E-state index contributed by atoms with van der Waals surface area (Å²) in [5.74, 6) is -0.241. The van der Waals surface area contributed by atoms with Gasteiger partial charge in [0, 0.05) is 19.6 Å². The number of allylic oxidation sites excluding steroid dienone is 4. The van der Waals surface area contributed by atoms with Gasteiger partial charge < -0.3 is 9.84 Å². The number of hydrogen-bond donors (Lipinski definition) is 1. The lowest BCUT2D eigenvalue weighted by Crippen LogP contribution is -2.60. The molecule has 0 aromatic heterocycles. The quantitative estimate of drug-likeness (QED) is 0.201. The average molecular weight is 555 g/mol. The zero-order valence-electron chi connectivity index (χ0n) is 25.1. The number of rotatable bonds is 8. The first kappa shape index (κ1) is 31.4. The van der Waals surface area contributed by atoms with E-state index >= 15 is 0 Å². The van der Waals surface area contributed by atoms with Gasteiger partial charge >= 0.3 is 6.18 Å². The molecule has 0 radical (unpaired) electrons. The number of hydrogen-bond acceptors (Lipinski definition) is 2. The molecule has 1 aliphatic heterocycles. The van der Waals surface area contributed by atoms with E-state index < -0.39 is 22.7 Å². The van der Waals surface area contributed by atoms with Crippen LogP contribution in [-0.4, -0.2) is 41.3 Å². The molecule has 40 heavy (non-hydrogen) atoms. The standard InChI is InChI=1S/C34H42F3NO2/c1-11-22(2)23(3)16-17-26(34(35,36)37)20-38-19-25-18-29(31(5,6)7)27-14-12-13-15-28(27)30(25)32(8,21-40-10)33(38,9)24(4)39/h11-15,18-20H,1,4,16-17,21H2,2-3,5-10H3/p+1/b23-22?,26-20+. The minimum atomic E-state index is -4.56. The topological polar surface area (TPSA) is 32.5 Å². The molecule has 0 aliphatic carbocycles. The normalized spacial score (nSPS) is 22.5. The number of aliphatic hydroxyl groups excluding tert-OH is 1. The summed E-state index contributed by atoms with van der Waals surface area (Å²) in [4.78, 5) is 0. The summed E-state index contributed by atoms with van der Waals surface area (Å²) in [6.45, 7) is 21.5. The van der Waals surface area contributed by atoms with Crippen LogP contribution in [0.4, 0.5) is 13.2 Å². The Hall–Kier alpha value is -3.12. The zero-order valence-corrected chi connectivity index (χ0v) is 25.1. The second kappa shape index (κ2) is 11.0. The molecule has 1 aliphatic rings. The maximum atomic E-state index is 14.5. The molecule has 0 spiro atoms. The zero-order chi connectivity index (χ0) is 30.3. The summed E-state index contributed by atoms with van der Waals surface area (Å²) in [6, 6.07) is 10.1. The number of ether oxygens (including phenoxy) is 1. The molecular weight excluding hydrogens is 511 g/mol. The molecule has 0 fully saturated rings. The minimum absolute atomic E-state index is 0.148. The fourth-order valence-corrected chi connectivity index (χ4v) is 5.82. The van der Waals surface area contributed by atoms with Crippen LogP contribution in [0, 0.1) is 0 Å². The highest BCUT2D eigenvalue weighted by Gasteiger charge is 2.60. The summed E-state index contributed by atoms with van der Waals surface area (Å²) >= 11 is 0. The third-order valence-electron chi connectivity index (χ3n) is 8.71. The molecule has 6 heteroatoms. The number of alkyl halides is 3. The lowest BCUT2D eigenvalue weighted by molar-refractivity contribution is -0.552. The van der Waals surface area contributed by atoms with Crippen molar-refractivity contribution in [3.05, 3.63) is 94.9 Å². The van der Waals surface area contributed by atoms with Crippen molar-refractivity contribution in [1.82, 2.24) is 0 Å². The smallest absolute Gasteiger partial charge is 0.418 e. The summed E-state index contributed by atoms with van der Waals surface area (Å²) in [6.07, 6.45) is -0.0240. The van der Waals surface area contributed by atoms with E-state index in [1.54, 1.807) is 26.3 Å². The van der Waals surface area contributed by atoms with Gasteiger partial charge in [-0.15, -0.1) is 0 Å². The Balaban J connectivity index is 2.45. The third-order valence-corrected chi connectivity index (χ3v) is 8.71. The molecule has 2 unspecified atom stereocenters. The molecule has 0 bridgehead atoms. The molecule has 0 saturated carbocycles. The summed E-state index contributed by atoms with van der Waals surface area (Å²) in [7, 11) is 1.56. The van der Waals surface area contributed by atoms with Gasteiger partial charge in [-0.3, -0.25) is 0 Å². The Bertz CT molecular complexity index is 1420. The number of aliphatic hydroxyl groups is 1. The fraction of sp³-hybridized carbons (Fsp3) is 0.441. The highest BCUT2D eigenvalue weighted by molar-refractivity contribution is 5.98. The number of benzene rings is 2. The van der Waals surface area contributed by atoms with Crippen LogP contribution in [0.15, 0.2) is 78.2 Å². The van der Waals surface area contributed by atoms with Crippen LogP contribution in [-0.2, 0) is 15.6 Å². The first-order valence-electron chi connectivity index (χ1n) is 13.6. The highest BCUT2D eigenvalue weighted by atomic mass is 19.4. The van der Waals surface area contributed by atoms with Crippen molar-refractivity contribution in [3.8, 4) is 0 Å². The summed E-state index contributed by atoms with van der Waals surface area (Å²) < 4.78 is 50.6. The number of fused-ring (bicyclic) bond motifs is 3. The van der Waals surface area contributed by atoms with Gasteiger partial charge in [-0.25, -0.2) is 0 Å². The maximum Gasteiger partial charge on any atom is 0.418 e. The minimum Gasteiger partial charge on any atom is -0.506 e. The van der Waals surface area contributed by atoms with Gasteiger partial charge in [-0.05, 0) is 67.0 Å². The van der Waals surface area contributed by atoms with Gasteiger partial charge in [0.05, 0.1) is 17.6 Å². The summed E-state index contributed by atoms with van der Waals surface area (Å²) in [5.41, 5.74) is 1.29. The van der Waals surface area contributed by atoms with Crippen LogP contribution in [0.2, 0.25) is 0 Å². The third kappa shape index (κ3) is 5.43. The summed E-state index contributed by atoms with van der Waals surface area (Å²) in [5, 5.41) is 13.2. The van der Waals surface area contributed by atoms with Crippen LogP contribution in [0.25, 0.3) is 10.8 Å². The number of halogens is 3. The van der Waals surface area contributed by atoms with E-state index in [0.29, 0.717) is 0 Å². The molecule has 1 heterocycles. The van der Waals surface area contributed by atoms with Crippen LogP contribution in [0.1, 0.15) is 78.0 Å². The molecule has 3 rings (SSSR count). The highest BCUT2D eigenvalue weighted by Crippen LogP contribution is 2.50. The van der Waals surface area contributed by atoms with Crippen molar-refractivity contribution < 1.29 is 27.6 Å². The van der Waals surface area contributed by atoms with Gasteiger partial charge in [0.25, 0.3) is 0 Å². The largest absolute Gasteiger partial charge is 0.506 e.